The van der Waals surface area contributed by atoms with Gasteiger partial charge in [-0.2, -0.15) is 13.2 Å². The second-order valence-corrected chi connectivity index (χ2v) is 8.79. The van der Waals surface area contributed by atoms with E-state index in [0.29, 0.717) is 0 Å². The number of piperazine rings is 1. The molecule has 2 aliphatic rings. The van der Waals surface area contributed by atoms with Crippen molar-refractivity contribution in [1.29, 1.82) is 0 Å². The van der Waals surface area contributed by atoms with Crippen LogP contribution in [0.3, 0.4) is 0 Å². The molecule has 3 nitrogen and oxygen atoms in total. The van der Waals surface area contributed by atoms with Crippen molar-refractivity contribution < 1.29 is 18.3 Å². The van der Waals surface area contributed by atoms with Gasteiger partial charge in [0.1, 0.15) is 0 Å². The van der Waals surface area contributed by atoms with Gasteiger partial charge < -0.3 is 10.0 Å². The first kappa shape index (κ1) is 25.1. The Hall–Kier alpha value is -2.57. The molecule has 0 bridgehead atoms. The maximum atomic E-state index is 12.9. The summed E-state index contributed by atoms with van der Waals surface area (Å²) in [5.74, 6) is 0. The number of halogens is 3. The lowest BCUT2D eigenvalue weighted by Gasteiger charge is -2.36. The minimum absolute atomic E-state index is 0.142. The van der Waals surface area contributed by atoms with E-state index in [4.69, 9.17) is 0 Å². The standard InChI is InChI=1S/C20H23F3N2O.C7H10/c1-19(26,20(21,22)23)17-7-9-18(10-8-17)25-13-11-24(12-14-25)15-16-5-3-2-4-6-16;1-7-5-3-2-4-6-7/h2-10,26H,11-15H2,1H3;3,5-6H,2,4H2,1H3. The van der Waals surface area contributed by atoms with Crippen LogP contribution in [0.5, 0.6) is 0 Å². The van der Waals surface area contributed by atoms with Gasteiger partial charge in [0.25, 0.3) is 0 Å². The third-order valence-electron chi connectivity index (χ3n) is 6.15. The zero-order chi connectivity index (χ0) is 23.9. The normalized spacial score (nSPS) is 18.7. The molecule has 0 saturated carbocycles. The molecule has 1 N–H and O–H groups in total. The molecule has 1 unspecified atom stereocenters. The summed E-state index contributed by atoms with van der Waals surface area (Å²) in [6, 6.07) is 16.3. The van der Waals surface area contributed by atoms with Crippen LogP contribution in [0.15, 0.2) is 78.4 Å². The number of nitrogens with zero attached hydrogens (tertiary/aromatic N) is 2. The molecule has 0 amide bonds. The van der Waals surface area contributed by atoms with E-state index < -0.39 is 11.8 Å². The number of hydrogen-bond donors (Lipinski definition) is 1. The Kier molecular flexibility index (Phi) is 8.38. The molecule has 178 valence electrons. The largest absolute Gasteiger partial charge is 0.421 e. The van der Waals surface area contributed by atoms with E-state index in [1.165, 1.54) is 36.1 Å². The molecule has 1 fully saturated rings. The van der Waals surface area contributed by atoms with Crippen LogP contribution < -0.4 is 4.90 Å². The Morgan fingerprint density at radius 3 is 2.00 bits per heavy atom. The van der Waals surface area contributed by atoms with Gasteiger partial charge in [0.15, 0.2) is 5.60 Å². The number of rotatable bonds is 4. The van der Waals surface area contributed by atoms with Gasteiger partial charge in [-0.05, 0) is 49.9 Å². The van der Waals surface area contributed by atoms with E-state index in [0.717, 1.165) is 45.3 Å². The van der Waals surface area contributed by atoms with Crippen LogP contribution in [0.2, 0.25) is 0 Å². The molecule has 2 aromatic rings. The quantitative estimate of drug-likeness (QED) is 0.603. The molecule has 6 heteroatoms. The van der Waals surface area contributed by atoms with Crippen molar-refractivity contribution in [2.24, 2.45) is 0 Å². The number of alkyl halides is 3. The topological polar surface area (TPSA) is 26.7 Å². The Balaban J connectivity index is 0.000000374. The van der Waals surface area contributed by atoms with Crippen molar-refractivity contribution in [2.45, 2.75) is 45.0 Å². The molecule has 0 spiro atoms. The highest BCUT2D eigenvalue weighted by atomic mass is 19.4. The van der Waals surface area contributed by atoms with Crippen LogP contribution >= 0.6 is 0 Å². The maximum Gasteiger partial charge on any atom is 0.421 e. The number of allylic oxidation sites excluding steroid dienone is 4. The average molecular weight is 459 g/mol. The summed E-state index contributed by atoms with van der Waals surface area (Å²) in [7, 11) is 0. The minimum Gasteiger partial charge on any atom is -0.376 e. The van der Waals surface area contributed by atoms with Gasteiger partial charge in [0, 0.05) is 38.4 Å². The number of hydrogen-bond acceptors (Lipinski definition) is 3. The summed E-state index contributed by atoms with van der Waals surface area (Å²) in [5.41, 5.74) is 0.591. The molecule has 0 radical (unpaired) electrons. The molecule has 1 aliphatic carbocycles. The van der Waals surface area contributed by atoms with Crippen molar-refractivity contribution in [1.82, 2.24) is 4.90 Å². The summed E-state index contributed by atoms with van der Waals surface area (Å²) in [5, 5.41) is 9.75. The van der Waals surface area contributed by atoms with Gasteiger partial charge in [0.05, 0.1) is 0 Å². The van der Waals surface area contributed by atoms with E-state index in [-0.39, 0.29) is 5.56 Å². The molecule has 4 rings (SSSR count). The third-order valence-corrected chi connectivity index (χ3v) is 6.15. The average Bonchev–Trinajstić information content (AvgIpc) is 2.81. The highest BCUT2D eigenvalue weighted by molar-refractivity contribution is 5.49. The van der Waals surface area contributed by atoms with Crippen molar-refractivity contribution >= 4 is 5.69 Å². The van der Waals surface area contributed by atoms with Crippen LogP contribution in [0.4, 0.5) is 18.9 Å². The van der Waals surface area contributed by atoms with Gasteiger partial charge in [-0.15, -0.1) is 0 Å². The predicted octanol–water partition coefficient (Wildman–Crippen LogP) is 6.06. The highest BCUT2D eigenvalue weighted by Crippen LogP contribution is 2.38. The fourth-order valence-electron chi connectivity index (χ4n) is 3.91. The molecule has 33 heavy (non-hydrogen) atoms. The van der Waals surface area contributed by atoms with Gasteiger partial charge in [-0.1, -0.05) is 66.3 Å². The van der Waals surface area contributed by atoms with Crippen molar-refractivity contribution in [2.75, 3.05) is 31.1 Å². The molecule has 0 aromatic heterocycles. The van der Waals surface area contributed by atoms with Crippen LogP contribution in [-0.2, 0) is 12.1 Å². The number of anilines is 1. The zero-order valence-electron chi connectivity index (χ0n) is 19.4. The fraction of sp³-hybridized carbons (Fsp3) is 0.407. The van der Waals surface area contributed by atoms with E-state index in [1.807, 2.05) is 18.2 Å². The molecule has 1 atom stereocenters. The summed E-state index contributed by atoms with van der Waals surface area (Å²) >= 11 is 0. The second-order valence-electron chi connectivity index (χ2n) is 8.79. The van der Waals surface area contributed by atoms with Crippen LogP contribution in [-0.4, -0.2) is 42.4 Å². The Bertz CT molecular complexity index is 926. The monoisotopic (exact) mass is 458 g/mol. The highest BCUT2D eigenvalue weighted by Gasteiger charge is 2.51. The van der Waals surface area contributed by atoms with E-state index in [1.54, 1.807) is 12.1 Å². The maximum absolute atomic E-state index is 12.9. The van der Waals surface area contributed by atoms with Gasteiger partial charge in [0.2, 0.25) is 0 Å². The first-order chi connectivity index (χ1) is 15.7. The predicted molar refractivity (Wildman–Crippen MR) is 128 cm³/mol. The lowest BCUT2D eigenvalue weighted by Crippen LogP contribution is -2.46. The van der Waals surface area contributed by atoms with Crippen molar-refractivity contribution in [3.63, 3.8) is 0 Å². The van der Waals surface area contributed by atoms with E-state index in [9.17, 15) is 18.3 Å². The Morgan fingerprint density at radius 1 is 0.879 bits per heavy atom. The van der Waals surface area contributed by atoms with Crippen molar-refractivity contribution in [3.8, 4) is 0 Å². The zero-order valence-corrected chi connectivity index (χ0v) is 19.4. The molecular formula is C27H33F3N2O. The molecule has 1 heterocycles. The number of benzene rings is 2. The number of aliphatic hydroxyl groups is 1. The fourth-order valence-corrected chi connectivity index (χ4v) is 3.91. The lowest BCUT2D eigenvalue weighted by molar-refractivity contribution is -0.258. The smallest absolute Gasteiger partial charge is 0.376 e. The SMILES string of the molecule is CC(O)(c1ccc(N2CCN(Cc3ccccc3)CC2)cc1)C(F)(F)F.CC1=CCCC=C1. The summed E-state index contributed by atoms with van der Waals surface area (Å²) < 4.78 is 38.8. The Labute approximate surface area is 194 Å². The summed E-state index contributed by atoms with van der Waals surface area (Å²) in [4.78, 5) is 4.53. The molecule has 2 aromatic carbocycles. The van der Waals surface area contributed by atoms with Crippen molar-refractivity contribution in [3.05, 3.63) is 89.5 Å². The third kappa shape index (κ3) is 6.95. The molecule has 1 saturated heterocycles. The minimum atomic E-state index is -4.70. The van der Waals surface area contributed by atoms with Crippen LogP contribution in [0.25, 0.3) is 0 Å². The van der Waals surface area contributed by atoms with Gasteiger partial charge in [-0.3, -0.25) is 4.90 Å². The van der Waals surface area contributed by atoms with Crippen LogP contribution in [0.1, 0.15) is 37.8 Å². The lowest BCUT2D eigenvalue weighted by atomic mass is 9.95. The van der Waals surface area contributed by atoms with Gasteiger partial charge >= 0.3 is 6.18 Å². The van der Waals surface area contributed by atoms with E-state index in [2.05, 4.69) is 47.1 Å². The molecular weight excluding hydrogens is 425 g/mol. The first-order valence-electron chi connectivity index (χ1n) is 11.4. The van der Waals surface area contributed by atoms with Crippen LogP contribution in [0, 0.1) is 0 Å². The first-order valence-corrected chi connectivity index (χ1v) is 11.4. The van der Waals surface area contributed by atoms with Gasteiger partial charge in [-0.25, -0.2) is 0 Å². The molecule has 1 aliphatic heterocycles. The second kappa shape index (κ2) is 11.0. The summed E-state index contributed by atoms with van der Waals surface area (Å²) in [6.45, 7) is 7.26. The van der Waals surface area contributed by atoms with E-state index >= 15 is 0 Å². The summed E-state index contributed by atoms with van der Waals surface area (Å²) in [6.07, 6.45) is 4.43. The Morgan fingerprint density at radius 2 is 1.52 bits per heavy atom.